The van der Waals surface area contributed by atoms with Gasteiger partial charge in [-0.1, -0.05) is 18.2 Å². The molecule has 2 aromatic heterocycles. The molecule has 2 aromatic carbocycles. The maximum absolute atomic E-state index is 13.1. The number of rotatable bonds is 7. The monoisotopic (exact) mass is 434 g/mol. The molecule has 0 unspecified atom stereocenters. The van der Waals surface area contributed by atoms with Gasteiger partial charge < -0.3 is 10.2 Å². The van der Waals surface area contributed by atoms with Crippen LogP contribution in [0.15, 0.2) is 76.9 Å². The average Bonchev–Trinajstić information content (AvgIpc) is 3.40. The molecule has 9 heteroatoms. The Bertz CT molecular complexity index is 1200. The van der Waals surface area contributed by atoms with Gasteiger partial charge in [-0.05, 0) is 78.2 Å². The van der Waals surface area contributed by atoms with E-state index < -0.39 is 5.69 Å². The maximum Gasteiger partial charge on any atom is 0.369 e. The SMILES string of the molecule is CC(C)N(C(=O)Cn1nnn(-c2cccs2)c1=O)c1ccc(Nc2ccccc2)cc1. The first-order chi connectivity index (χ1) is 15.0. The summed E-state index contributed by atoms with van der Waals surface area (Å²) >= 11 is 1.38. The zero-order chi connectivity index (χ0) is 21.8. The van der Waals surface area contributed by atoms with Crippen molar-refractivity contribution < 1.29 is 4.79 Å². The Morgan fingerprint density at radius 2 is 1.71 bits per heavy atom. The van der Waals surface area contributed by atoms with E-state index in [1.165, 1.54) is 16.0 Å². The number of amides is 1. The summed E-state index contributed by atoms with van der Waals surface area (Å²) in [5.74, 6) is -0.237. The van der Waals surface area contributed by atoms with Crippen LogP contribution < -0.4 is 15.9 Å². The standard InChI is InChI=1S/C22H22N6O2S/c1-16(2)27(19-12-10-18(11-13-19)23-17-7-4-3-5-8-17)20(29)15-26-22(30)28(25-24-26)21-9-6-14-31-21/h3-14,16,23H,15H2,1-2H3. The molecule has 0 atom stereocenters. The Kier molecular flexibility index (Phi) is 5.94. The minimum Gasteiger partial charge on any atom is -0.356 e. The van der Waals surface area contributed by atoms with E-state index in [4.69, 9.17) is 0 Å². The van der Waals surface area contributed by atoms with Crippen LogP contribution in [0.25, 0.3) is 5.00 Å². The van der Waals surface area contributed by atoms with Gasteiger partial charge in [0, 0.05) is 23.1 Å². The second-order valence-electron chi connectivity index (χ2n) is 7.18. The molecule has 0 aliphatic carbocycles. The minimum atomic E-state index is -0.443. The topological polar surface area (TPSA) is 85.1 Å². The van der Waals surface area contributed by atoms with Crippen LogP contribution in [-0.4, -0.2) is 31.7 Å². The van der Waals surface area contributed by atoms with Crippen molar-refractivity contribution in [3.8, 4) is 5.00 Å². The normalized spacial score (nSPS) is 10.9. The van der Waals surface area contributed by atoms with Crippen LogP contribution in [0, 0.1) is 0 Å². The summed E-state index contributed by atoms with van der Waals surface area (Å²) in [7, 11) is 0. The van der Waals surface area contributed by atoms with Crippen molar-refractivity contribution >= 4 is 34.3 Å². The van der Waals surface area contributed by atoms with Crippen LogP contribution in [0.1, 0.15) is 13.8 Å². The zero-order valence-corrected chi connectivity index (χ0v) is 18.0. The van der Waals surface area contributed by atoms with Gasteiger partial charge in [-0.3, -0.25) is 4.79 Å². The van der Waals surface area contributed by atoms with Crippen LogP contribution in [0.2, 0.25) is 0 Å². The summed E-state index contributed by atoms with van der Waals surface area (Å²) in [4.78, 5) is 27.3. The number of carbonyl (C=O) groups is 1. The summed E-state index contributed by atoms with van der Waals surface area (Å²) in [6.45, 7) is 3.67. The van der Waals surface area contributed by atoms with Crippen molar-refractivity contribution in [1.82, 2.24) is 19.8 Å². The highest BCUT2D eigenvalue weighted by atomic mass is 32.1. The number of benzene rings is 2. The first kappa shape index (κ1) is 20.5. The van der Waals surface area contributed by atoms with Crippen molar-refractivity contribution in [1.29, 1.82) is 0 Å². The van der Waals surface area contributed by atoms with Crippen LogP contribution in [0.5, 0.6) is 0 Å². The Morgan fingerprint density at radius 3 is 2.35 bits per heavy atom. The number of nitrogens with zero attached hydrogens (tertiary/aromatic N) is 5. The van der Waals surface area contributed by atoms with Crippen molar-refractivity contribution in [3.05, 3.63) is 82.6 Å². The molecule has 0 fully saturated rings. The quantitative estimate of drug-likeness (QED) is 0.480. The highest BCUT2D eigenvalue weighted by Crippen LogP contribution is 2.23. The average molecular weight is 435 g/mol. The van der Waals surface area contributed by atoms with Gasteiger partial charge in [-0.2, -0.15) is 9.36 Å². The van der Waals surface area contributed by atoms with Gasteiger partial charge in [0.2, 0.25) is 5.91 Å². The Morgan fingerprint density at radius 1 is 1.00 bits per heavy atom. The third kappa shape index (κ3) is 4.56. The fourth-order valence-electron chi connectivity index (χ4n) is 3.23. The lowest BCUT2D eigenvalue weighted by Gasteiger charge is -2.27. The molecular weight excluding hydrogens is 412 g/mol. The van der Waals surface area contributed by atoms with Crippen molar-refractivity contribution in [2.24, 2.45) is 0 Å². The molecule has 0 bridgehead atoms. The van der Waals surface area contributed by atoms with Gasteiger partial charge in [0.15, 0.2) is 0 Å². The first-order valence-electron chi connectivity index (χ1n) is 9.84. The predicted octanol–water partition coefficient (Wildman–Crippen LogP) is 3.68. The lowest BCUT2D eigenvalue weighted by molar-refractivity contribution is -0.119. The summed E-state index contributed by atoms with van der Waals surface area (Å²) in [5, 5.41) is 13.6. The van der Waals surface area contributed by atoms with E-state index in [0.29, 0.717) is 5.00 Å². The highest BCUT2D eigenvalue weighted by molar-refractivity contribution is 7.12. The van der Waals surface area contributed by atoms with Crippen LogP contribution in [-0.2, 0) is 11.3 Å². The van der Waals surface area contributed by atoms with E-state index in [9.17, 15) is 9.59 Å². The van der Waals surface area contributed by atoms with Gasteiger partial charge in [-0.25, -0.2) is 4.79 Å². The lowest BCUT2D eigenvalue weighted by Crippen LogP contribution is -2.41. The first-order valence-corrected chi connectivity index (χ1v) is 10.7. The van der Waals surface area contributed by atoms with Crippen LogP contribution in [0.3, 0.4) is 0 Å². The van der Waals surface area contributed by atoms with Gasteiger partial charge in [-0.15, -0.1) is 11.3 Å². The number of hydrogen-bond acceptors (Lipinski definition) is 6. The number of aromatic nitrogens is 4. The number of anilines is 3. The molecule has 4 aromatic rings. The smallest absolute Gasteiger partial charge is 0.356 e. The van der Waals surface area contributed by atoms with Gasteiger partial charge in [0.1, 0.15) is 11.5 Å². The third-order valence-corrected chi connectivity index (χ3v) is 5.48. The summed E-state index contributed by atoms with van der Waals surface area (Å²) in [6.07, 6.45) is 0. The summed E-state index contributed by atoms with van der Waals surface area (Å²) < 4.78 is 2.28. The number of nitrogens with one attached hydrogen (secondary N) is 1. The predicted molar refractivity (Wildman–Crippen MR) is 122 cm³/mol. The van der Waals surface area contributed by atoms with E-state index in [1.54, 1.807) is 11.0 Å². The Hall–Kier alpha value is -3.72. The molecule has 0 aliphatic heterocycles. The third-order valence-electron chi connectivity index (χ3n) is 4.63. The molecule has 2 heterocycles. The fourth-order valence-corrected chi connectivity index (χ4v) is 3.90. The van der Waals surface area contributed by atoms with Gasteiger partial charge >= 0.3 is 5.69 Å². The van der Waals surface area contributed by atoms with Crippen LogP contribution in [0.4, 0.5) is 17.1 Å². The largest absolute Gasteiger partial charge is 0.369 e. The van der Waals surface area contributed by atoms with Crippen molar-refractivity contribution in [3.63, 3.8) is 0 Å². The second kappa shape index (κ2) is 8.97. The molecule has 0 aliphatic rings. The molecule has 31 heavy (non-hydrogen) atoms. The molecule has 0 radical (unpaired) electrons. The van der Waals surface area contributed by atoms with Gasteiger partial charge in [0.05, 0.1) is 0 Å². The lowest BCUT2D eigenvalue weighted by atomic mass is 10.2. The molecule has 1 N–H and O–H groups in total. The number of carbonyl (C=O) groups excluding carboxylic acids is 1. The minimum absolute atomic E-state index is 0.0940. The van der Waals surface area contributed by atoms with E-state index >= 15 is 0 Å². The highest BCUT2D eigenvalue weighted by Gasteiger charge is 2.22. The Balaban J connectivity index is 1.51. The molecule has 0 saturated carbocycles. The number of para-hydroxylation sites is 1. The van der Waals surface area contributed by atoms with E-state index in [0.717, 1.165) is 21.7 Å². The van der Waals surface area contributed by atoms with Crippen LogP contribution >= 0.6 is 11.3 Å². The number of hydrogen-bond donors (Lipinski definition) is 1. The summed E-state index contributed by atoms with van der Waals surface area (Å²) in [5.41, 5.74) is 2.21. The molecular formula is C22H22N6O2S. The number of thiophene rings is 1. The molecule has 4 rings (SSSR count). The van der Waals surface area contributed by atoms with E-state index in [-0.39, 0.29) is 18.5 Å². The Labute approximate surface area is 183 Å². The summed E-state index contributed by atoms with van der Waals surface area (Å²) in [6, 6.07) is 21.0. The van der Waals surface area contributed by atoms with Crippen molar-refractivity contribution in [2.75, 3.05) is 10.2 Å². The second-order valence-corrected chi connectivity index (χ2v) is 8.10. The van der Waals surface area contributed by atoms with Gasteiger partial charge in [0.25, 0.3) is 0 Å². The van der Waals surface area contributed by atoms with E-state index in [2.05, 4.69) is 15.7 Å². The molecule has 0 spiro atoms. The maximum atomic E-state index is 13.1. The molecule has 8 nitrogen and oxygen atoms in total. The van der Waals surface area contributed by atoms with E-state index in [1.807, 2.05) is 79.9 Å². The molecule has 158 valence electrons. The van der Waals surface area contributed by atoms with Crippen molar-refractivity contribution in [2.45, 2.75) is 26.4 Å². The fraction of sp³-hybridized carbons (Fsp3) is 0.182. The zero-order valence-electron chi connectivity index (χ0n) is 17.2. The molecule has 1 amide bonds. The number of tetrazole rings is 1. The molecule has 0 saturated heterocycles.